The number of rotatable bonds is 8. The van der Waals surface area contributed by atoms with Crippen molar-refractivity contribution in [1.29, 1.82) is 5.26 Å². The quantitative estimate of drug-likeness (QED) is 0.781. The van der Waals surface area contributed by atoms with Crippen LogP contribution >= 0.6 is 11.6 Å². The van der Waals surface area contributed by atoms with E-state index in [4.69, 9.17) is 16.3 Å². The Labute approximate surface area is 149 Å². The number of carbonyl (C=O) groups excluding carboxylic acids is 1. The molecule has 24 heavy (non-hydrogen) atoms. The van der Waals surface area contributed by atoms with Crippen molar-refractivity contribution in [2.75, 3.05) is 20.2 Å². The molecule has 0 bridgehead atoms. The van der Waals surface area contributed by atoms with Gasteiger partial charge in [0.1, 0.15) is 17.9 Å². The highest BCUT2D eigenvalue weighted by atomic mass is 35.5. The van der Waals surface area contributed by atoms with E-state index in [0.29, 0.717) is 18.2 Å². The highest BCUT2D eigenvalue weighted by Crippen LogP contribution is 2.16. The molecule has 6 heteroatoms. The highest BCUT2D eigenvalue weighted by Gasteiger charge is 2.32. The second-order valence-corrected chi connectivity index (χ2v) is 6.85. The average Bonchev–Trinajstić information content (AvgIpc) is 2.55. The van der Waals surface area contributed by atoms with Gasteiger partial charge in [-0.25, -0.2) is 0 Å². The minimum Gasteiger partial charge on any atom is -0.492 e. The molecule has 0 aliphatic heterocycles. The third kappa shape index (κ3) is 5.70. The third-order valence-electron chi connectivity index (χ3n) is 4.34. The Morgan fingerprint density at radius 1 is 1.38 bits per heavy atom. The van der Waals surface area contributed by atoms with Crippen LogP contribution in [0.5, 0.6) is 5.75 Å². The van der Waals surface area contributed by atoms with Crippen molar-refractivity contribution < 1.29 is 9.53 Å². The van der Waals surface area contributed by atoms with E-state index >= 15 is 0 Å². The van der Waals surface area contributed by atoms with Crippen LogP contribution in [0.25, 0.3) is 0 Å². The Kier molecular flexibility index (Phi) is 7.53. The molecule has 1 rings (SSSR count). The van der Waals surface area contributed by atoms with Gasteiger partial charge in [0.25, 0.3) is 0 Å². The van der Waals surface area contributed by atoms with Gasteiger partial charge in [-0.05, 0) is 51.1 Å². The smallest absolute Gasteiger partial charge is 0.238 e. The van der Waals surface area contributed by atoms with Crippen molar-refractivity contribution in [2.45, 2.75) is 39.3 Å². The first-order chi connectivity index (χ1) is 11.2. The number of nitrogens with one attached hydrogen (secondary N) is 1. The van der Waals surface area contributed by atoms with Crippen molar-refractivity contribution in [2.24, 2.45) is 5.92 Å². The second-order valence-electron chi connectivity index (χ2n) is 6.42. The summed E-state index contributed by atoms with van der Waals surface area (Å²) in [6.07, 6.45) is 0. The molecular weight excluding hydrogens is 326 g/mol. The average molecular weight is 352 g/mol. The zero-order chi connectivity index (χ0) is 18.3. The summed E-state index contributed by atoms with van der Waals surface area (Å²) in [5, 5.41) is 12.8. The first-order valence-corrected chi connectivity index (χ1v) is 8.39. The minimum atomic E-state index is -0.869. The van der Waals surface area contributed by atoms with E-state index in [9.17, 15) is 10.1 Å². The molecule has 0 heterocycles. The lowest BCUT2D eigenvalue weighted by Gasteiger charge is -2.31. The van der Waals surface area contributed by atoms with Gasteiger partial charge in [0.05, 0.1) is 12.1 Å². The molecule has 0 fully saturated rings. The van der Waals surface area contributed by atoms with E-state index in [0.717, 1.165) is 5.75 Å². The number of halogens is 1. The standard InChI is InChI=1S/C18H26ClN3O2/c1-13(2)18(4,12-20)21-17(23)14(3)22(5)10-11-24-16-8-6-15(19)7-9-16/h6-9,13-14H,10-11H2,1-5H3,(H,21,23). The van der Waals surface area contributed by atoms with Crippen LogP contribution in [0.4, 0.5) is 0 Å². The summed E-state index contributed by atoms with van der Waals surface area (Å²) in [7, 11) is 1.86. The molecular formula is C18H26ClN3O2. The Morgan fingerprint density at radius 3 is 2.46 bits per heavy atom. The van der Waals surface area contributed by atoms with Crippen molar-refractivity contribution >= 4 is 17.5 Å². The van der Waals surface area contributed by atoms with Gasteiger partial charge >= 0.3 is 0 Å². The van der Waals surface area contributed by atoms with Gasteiger partial charge in [-0.3, -0.25) is 9.69 Å². The van der Waals surface area contributed by atoms with Gasteiger partial charge in [0.2, 0.25) is 5.91 Å². The lowest BCUT2D eigenvalue weighted by molar-refractivity contribution is -0.127. The summed E-state index contributed by atoms with van der Waals surface area (Å²) in [5.41, 5.74) is -0.869. The molecule has 1 amide bonds. The first-order valence-electron chi connectivity index (χ1n) is 8.01. The maximum Gasteiger partial charge on any atom is 0.238 e. The topological polar surface area (TPSA) is 65.4 Å². The van der Waals surface area contributed by atoms with Crippen molar-refractivity contribution in [3.05, 3.63) is 29.3 Å². The Morgan fingerprint density at radius 2 is 1.96 bits per heavy atom. The summed E-state index contributed by atoms with van der Waals surface area (Å²) >= 11 is 5.83. The summed E-state index contributed by atoms with van der Waals surface area (Å²) in [6, 6.07) is 8.98. The Balaban J connectivity index is 2.49. The number of hydrogen-bond acceptors (Lipinski definition) is 4. The summed E-state index contributed by atoms with van der Waals surface area (Å²) in [6.45, 7) is 8.43. The third-order valence-corrected chi connectivity index (χ3v) is 4.59. The number of carbonyl (C=O) groups is 1. The molecule has 5 nitrogen and oxygen atoms in total. The molecule has 0 aliphatic carbocycles. The number of benzene rings is 1. The fourth-order valence-electron chi connectivity index (χ4n) is 1.89. The molecule has 0 radical (unpaired) electrons. The molecule has 0 aromatic heterocycles. The Bertz CT molecular complexity index is 583. The van der Waals surface area contributed by atoms with Crippen LogP contribution < -0.4 is 10.1 Å². The molecule has 2 unspecified atom stereocenters. The molecule has 1 aromatic rings. The second kappa shape index (κ2) is 8.91. The van der Waals surface area contributed by atoms with Crippen LogP contribution in [0.15, 0.2) is 24.3 Å². The van der Waals surface area contributed by atoms with E-state index in [1.165, 1.54) is 0 Å². The van der Waals surface area contributed by atoms with Crippen LogP contribution in [-0.4, -0.2) is 42.6 Å². The van der Waals surface area contributed by atoms with Crippen molar-refractivity contribution in [3.8, 4) is 11.8 Å². The van der Waals surface area contributed by atoms with Crippen LogP contribution in [0, 0.1) is 17.2 Å². The van der Waals surface area contributed by atoms with Gasteiger partial charge in [-0.15, -0.1) is 0 Å². The zero-order valence-corrected chi connectivity index (χ0v) is 15.7. The lowest BCUT2D eigenvalue weighted by Crippen LogP contribution is -2.54. The monoisotopic (exact) mass is 351 g/mol. The first kappa shape index (κ1) is 20.3. The van der Waals surface area contributed by atoms with Gasteiger partial charge in [-0.1, -0.05) is 25.4 Å². The van der Waals surface area contributed by atoms with Gasteiger partial charge in [0.15, 0.2) is 0 Å². The predicted molar refractivity (Wildman–Crippen MR) is 96.0 cm³/mol. The van der Waals surface area contributed by atoms with Gasteiger partial charge < -0.3 is 10.1 Å². The van der Waals surface area contributed by atoms with Crippen molar-refractivity contribution in [3.63, 3.8) is 0 Å². The fraction of sp³-hybridized carbons (Fsp3) is 0.556. The Hall–Kier alpha value is -1.77. The van der Waals surface area contributed by atoms with Crippen LogP contribution in [0.3, 0.4) is 0 Å². The van der Waals surface area contributed by atoms with E-state index in [-0.39, 0.29) is 17.9 Å². The summed E-state index contributed by atoms with van der Waals surface area (Å²) < 4.78 is 5.64. The number of nitriles is 1. The number of nitrogens with zero attached hydrogens (tertiary/aromatic N) is 2. The van der Waals surface area contributed by atoms with Gasteiger partial charge in [-0.2, -0.15) is 5.26 Å². The minimum absolute atomic E-state index is 0.0252. The number of likely N-dealkylation sites (N-methyl/N-ethyl adjacent to an activating group) is 1. The molecule has 2 atom stereocenters. The van der Waals surface area contributed by atoms with Crippen LogP contribution in [0.2, 0.25) is 5.02 Å². The van der Waals surface area contributed by atoms with E-state index < -0.39 is 5.54 Å². The van der Waals surface area contributed by atoms with Crippen LogP contribution in [0.1, 0.15) is 27.7 Å². The molecule has 0 spiro atoms. The van der Waals surface area contributed by atoms with E-state index in [1.807, 2.05) is 32.7 Å². The molecule has 1 N–H and O–H groups in total. The molecule has 132 valence electrons. The highest BCUT2D eigenvalue weighted by molar-refractivity contribution is 6.30. The molecule has 0 saturated heterocycles. The van der Waals surface area contributed by atoms with E-state index in [2.05, 4.69) is 11.4 Å². The fourth-order valence-corrected chi connectivity index (χ4v) is 2.02. The molecule has 1 aromatic carbocycles. The lowest BCUT2D eigenvalue weighted by atomic mass is 9.90. The number of hydrogen-bond donors (Lipinski definition) is 1. The number of amides is 1. The largest absolute Gasteiger partial charge is 0.492 e. The maximum absolute atomic E-state index is 12.4. The summed E-state index contributed by atoms with van der Waals surface area (Å²) in [5.74, 6) is 0.598. The van der Waals surface area contributed by atoms with Crippen molar-refractivity contribution in [1.82, 2.24) is 10.2 Å². The number of ether oxygens (including phenoxy) is 1. The van der Waals surface area contributed by atoms with E-state index in [1.54, 1.807) is 31.2 Å². The SMILES string of the molecule is CC(C(=O)NC(C)(C#N)C(C)C)N(C)CCOc1ccc(Cl)cc1. The molecule has 0 aliphatic rings. The predicted octanol–water partition coefficient (Wildman–Crippen LogP) is 3.09. The van der Waals surface area contributed by atoms with Gasteiger partial charge in [0, 0.05) is 11.6 Å². The maximum atomic E-state index is 12.4. The normalized spacial score (nSPS) is 14.8. The van der Waals surface area contributed by atoms with Crippen LogP contribution in [-0.2, 0) is 4.79 Å². The zero-order valence-electron chi connectivity index (χ0n) is 15.0. The summed E-state index contributed by atoms with van der Waals surface area (Å²) in [4.78, 5) is 14.3. The molecule has 0 saturated carbocycles.